The lowest BCUT2D eigenvalue weighted by atomic mass is 10.1. The first-order chi connectivity index (χ1) is 12.1. The Hall–Kier alpha value is -3.54. The highest BCUT2D eigenvalue weighted by molar-refractivity contribution is 6.17. The van der Waals surface area contributed by atoms with Crippen LogP contribution < -0.4 is 4.74 Å². The zero-order valence-electron chi connectivity index (χ0n) is 12.9. The molecule has 7 nitrogen and oxygen atoms in total. The summed E-state index contributed by atoms with van der Waals surface area (Å²) in [6.07, 6.45) is 1.82. The summed E-state index contributed by atoms with van der Waals surface area (Å²) in [7, 11) is 1.16. The van der Waals surface area contributed by atoms with E-state index in [1.165, 1.54) is 12.1 Å². The molecular weight excluding hydrogens is 336 g/mol. The van der Waals surface area contributed by atoms with Crippen LogP contribution in [0.2, 0.25) is 0 Å². The van der Waals surface area contributed by atoms with Gasteiger partial charge in [0.2, 0.25) is 5.82 Å². The van der Waals surface area contributed by atoms with Crippen molar-refractivity contribution in [2.45, 2.75) is 0 Å². The third-order valence-electron chi connectivity index (χ3n) is 2.85. The molecule has 0 bridgehead atoms. The molecule has 0 aliphatic heterocycles. The van der Waals surface area contributed by atoms with Gasteiger partial charge < -0.3 is 14.2 Å². The van der Waals surface area contributed by atoms with Gasteiger partial charge >= 0.3 is 5.97 Å². The van der Waals surface area contributed by atoms with Gasteiger partial charge in [-0.05, 0) is 6.07 Å². The van der Waals surface area contributed by atoms with Crippen molar-refractivity contribution in [3.63, 3.8) is 0 Å². The maximum Gasteiger partial charge on any atom is 0.341 e. The number of carbonyl (C=O) groups excluding carboxylic acids is 1. The number of esters is 1. The maximum atomic E-state index is 13.7. The molecule has 0 radical (unpaired) electrons. The summed E-state index contributed by atoms with van der Waals surface area (Å²) in [5, 5.41) is 8.51. The Morgan fingerprint density at radius 1 is 1.32 bits per heavy atom. The molecule has 128 valence electrons. The lowest BCUT2D eigenvalue weighted by Crippen LogP contribution is -2.07. The second-order valence-electron chi connectivity index (χ2n) is 4.37. The number of hydrogen-bond acceptors (Lipinski definition) is 7. The minimum Gasteiger partial charge on any atom is -0.485 e. The molecule has 0 unspecified atom stereocenters. The van der Waals surface area contributed by atoms with E-state index in [0.29, 0.717) is 0 Å². The Labute approximate surface area is 141 Å². The number of aromatic nitrogens is 2. The van der Waals surface area contributed by atoms with Crippen molar-refractivity contribution in [2.24, 2.45) is 0 Å². The van der Waals surface area contributed by atoms with Gasteiger partial charge in [-0.2, -0.15) is 19.0 Å². The SMILES string of the molecule is COC(=O)/C(=C/OCC#N)c1ccccc1Oc1ncnc(F)c1F. The number of methoxy groups -OCH3 is 1. The molecule has 25 heavy (non-hydrogen) atoms. The largest absolute Gasteiger partial charge is 0.485 e. The fraction of sp³-hybridized carbons (Fsp3) is 0.125. The minimum absolute atomic E-state index is 0.00305. The summed E-state index contributed by atoms with van der Waals surface area (Å²) in [5.74, 6) is -4.17. The Kier molecular flexibility index (Phi) is 5.95. The first-order valence-electron chi connectivity index (χ1n) is 6.78. The zero-order valence-corrected chi connectivity index (χ0v) is 12.9. The molecule has 1 aromatic carbocycles. The smallest absolute Gasteiger partial charge is 0.341 e. The van der Waals surface area contributed by atoms with Crippen molar-refractivity contribution >= 4 is 11.5 Å². The van der Waals surface area contributed by atoms with Crippen LogP contribution in [-0.2, 0) is 14.3 Å². The van der Waals surface area contributed by atoms with E-state index < -0.39 is 23.6 Å². The van der Waals surface area contributed by atoms with Crippen molar-refractivity contribution < 1.29 is 27.8 Å². The summed E-state index contributed by atoms with van der Waals surface area (Å²) in [6.45, 7) is -0.296. The van der Waals surface area contributed by atoms with Crippen LogP contribution in [0, 0.1) is 23.1 Å². The van der Waals surface area contributed by atoms with Crippen molar-refractivity contribution in [3.05, 3.63) is 54.2 Å². The predicted octanol–water partition coefficient (Wildman–Crippen LogP) is 2.60. The zero-order chi connectivity index (χ0) is 18.2. The number of carbonyl (C=O) groups is 1. The van der Waals surface area contributed by atoms with Gasteiger partial charge in [0.1, 0.15) is 23.7 Å². The first-order valence-corrected chi connectivity index (χ1v) is 6.78. The molecule has 0 N–H and O–H groups in total. The van der Waals surface area contributed by atoms with Gasteiger partial charge in [-0.25, -0.2) is 9.78 Å². The average Bonchev–Trinajstić information content (AvgIpc) is 2.63. The van der Waals surface area contributed by atoms with E-state index in [1.54, 1.807) is 18.2 Å². The van der Waals surface area contributed by atoms with Gasteiger partial charge in [0, 0.05) is 5.56 Å². The van der Waals surface area contributed by atoms with E-state index in [0.717, 1.165) is 19.7 Å². The number of nitrogens with zero attached hydrogens (tertiary/aromatic N) is 3. The summed E-state index contributed by atoms with van der Waals surface area (Å²) in [4.78, 5) is 18.5. The second-order valence-corrected chi connectivity index (χ2v) is 4.37. The molecule has 0 amide bonds. The van der Waals surface area contributed by atoms with Crippen LogP contribution in [-0.4, -0.2) is 29.7 Å². The van der Waals surface area contributed by atoms with Gasteiger partial charge in [0.05, 0.1) is 13.4 Å². The minimum atomic E-state index is -1.37. The maximum absolute atomic E-state index is 13.7. The van der Waals surface area contributed by atoms with Crippen LogP contribution in [0.25, 0.3) is 5.57 Å². The molecule has 0 aliphatic carbocycles. The van der Waals surface area contributed by atoms with E-state index in [-0.39, 0.29) is 23.5 Å². The van der Waals surface area contributed by atoms with E-state index >= 15 is 0 Å². The van der Waals surface area contributed by atoms with Crippen molar-refractivity contribution in [3.8, 4) is 17.7 Å². The lowest BCUT2D eigenvalue weighted by molar-refractivity contribution is -0.133. The Balaban J connectivity index is 2.44. The fourth-order valence-corrected chi connectivity index (χ4v) is 1.78. The number of hydrogen-bond donors (Lipinski definition) is 0. The van der Waals surface area contributed by atoms with Gasteiger partial charge in [-0.1, -0.05) is 18.2 Å². The van der Waals surface area contributed by atoms with Crippen molar-refractivity contribution in [1.82, 2.24) is 9.97 Å². The number of para-hydroxylation sites is 1. The molecule has 0 spiro atoms. The molecule has 9 heteroatoms. The molecule has 0 saturated heterocycles. The fourth-order valence-electron chi connectivity index (χ4n) is 1.78. The average molecular weight is 347 g/mol. The number of halogens is 2. The highest BCUT2D eigenvalue weighted by Gasteiger charge is 2.20. The molecular formula is C16H11F2N3O4. The molecule has 2 rings (SSSR count). The lowest BCUT2D eigenvalue weighted by Gasteiger charge is -2.12. The number of rotatable bonds is 6. The summed E-state index contributed by atoms with van der Waals surface area (Å²) in [5.41, 5.74) is 0.0917. The normalized spacial score (nSPS) is 10.7. The predicted molar refractivity (Wildman–Crippen MR) is 80.0 cm³/mol. The number of ether oxygens (including phenoxy) is 3. The van der Waals surface area contributed by atoms with Gasteiger partial charge in [-0.15, -0.1) is 0 Å². The third kappa shape index (κ3) is 4.26. The first kappa shape index (κ1) is 17.8. The van der Waals surface area contributed by atoms with Crippen LogP contribution >= 0.6 is 0 Å². The molecule has 2 aromatic rings. The topological polar surface area (TPSA) is 94.3 Å². The molecule has 1 heterocycles. The van der Waals surface area contributed by atoms with Crippen LogP contribution in [0.4, 0.5) is 8.78 Å². The highest BCUT2D eigenvalue weighted by atomic mass is 19.2. The van der Waals surface area contributed by atoms with Crippen molar-refractivity contribution in [1.29, 1.82) is 5.26 Å². The third-order valence-corrected chi connectivity index (χ3v) is 2.85. The molecule has 1 aromatic heterocycles. The van der Waals surface area contributed by atoms with Gasteiger partial charge in [-0.3, -0.25) is 0 Å². The van der Waals surface area contributed by atoms with Crippen LogP contribution in [0.5, 0.6) is 11.6 Å². The second kappa shape index (κ2) is 8.35. The van der Waals surface area contributed by atoms with Gasteiger partial charge in [0.15, 0.2) is 6.61 Å². The van der Waals surface area contributed by atoms with Gasteiger partial charge in [0.25, 0.3) is 11.8 Å². The molecule has 0 fully saturated rings. The van der Waals surface area contributed by atoms with E-state index in [2.05, 4.69) is 14.7 Å². The number of benzene rings is 1. The van der Waals surface area contributed by atoms with Crippen molar-refractivity contribution in [2.75, 3.05) is 13.7 Å². The van der Waals surface area contributed by atoms with Crippen LogP contribution in [0.3, 0.4) is 0 Å². The quantitative estimate of drug-likeness (QED) is 0.261. The summed E-state index contributed by atoms with van der Waals surface area (Å²) >= 11 is 0. The Morgan fingerprint density at radius 2 is 2.08 bits per heavy atom. The number of nitriles is 1. The molecule has 0 saturated carbocycles. The monoisotopic (exact) mass is 347 g/mol. The molecule has 0 aliphatic rings. The summed E-state index contributed by atoms with van der Waals surface area (Å²) in [6, 6.07) is 7.77. The highest BCUT2D eigenvalue weighted by Crippen LogP contribution is 2.31. The standard InChI is InChI=1S/C16H11F2N3O4/c1-23-16(22)11(8-24-7-6-19)10-4-2-3-5-12(10)25-15-13(17)14(18)20-9-21-15/h2-5,8-9H,7H2,1H3/b11-8+. The van der Waals surface area contributed by atoms with E-state index in [1.807, 2.05) is 0 Å². The molecule has 0 atom stereocenters. The Bertz CT molecular complexity index is 850. The summed E-state index contributed by atoms with van der Waals surface area (Å²) < 4.78 is 41.7. The Morgan fingerprint density at radius 3 is 2.80 bits per heavy atom. The van der Waals surface area contributed by atoms with Crippen LogP contribution in [0.1, 0.15) is 5.56 Å². The van der Waals surface area contributed by atoms with E-state index in [9.17, 15) is 13.6 Å². The van der Waals surface area contributed by atoms with E-state index in [4.69, 9.17) is 14.7 Å². The van der Waals surface area contributed by atoms with Crippen LogP contribution in [0.15, 0.2) is 36.9 Å².